The summed E-state index contributed by atoms with van der Waals surface area (Å²) in [6.07, 6.45) is 4.78. The number of amides is 1. The van der Waals surface area contributed by atoms with Crippen LogP contribution in [0.2, 0.25) is 0 Å². The highest BCUT2D eigenvalue weighted by atomic mass is 16.5. The number of nitrogens with zero attached hydrogens (tertiary/aromatic N) is 1. The first kappa shape index (κ1) is 16.9. The van der Waals surface area contributed by atoms with Gasteiger partial charge >= 0.3 is 0 Å². The Bertz CT molecular complexity index is 714. The lowest BCUT2D eigenvalue weighted by Gasteiger charge is -2.29. The normalized spacial score (nSPS) is 16.9. The Hall–Kier alpha value is -1.97. The Labute approximate surface area is 144 Å². The van der Waals surface area contributed by atoms with Crippen molar-refractivity contribution in [1.82, 2.24) is 9.88 Å². The maximum absolute atomic E-state index is 13.0. The van der Waals surface area contributed by atoms with Crippen molar-refractivity contribution in [2.45, 2.75) is 46.0 Å². The topological polar surface area (TPSA) is 45.3 Å². The van der Waals surface area contributed by atoms with Gasteiger partial charge in [0.1, 0.15) is 5.75 Å². The molecule has 0 bridgehead atoms. The van der Waals surface area contributed by atoms with Crippen LogP contribution in [-0.4, -0.2) is 36.0 Å². The molecule has 0 aliphatic heterocycles. The number of rotatable bonds is 6. The minimum Gasteiger partial charge on any atom is -0.497 e. The molecule has 1 N–H and O–H groups in total. The second-order valence-corrected chi connectivity index (χ2v) is 6.76. The number of hydrogen-bond acceptors (Lipinski definition) is 2. The number of fused-ring (bicyclic) bond motifs is 3. The summed E-state index contributed by atoms with van der Waals surface area (Å²) in [7, 11) is 1.69. The third kappa shape index (κ3) is 3.14. The zero-order valence-electron chi connectivity index (χ0n) is 15.0. The van der Waals surface area contributed by atoms with Crippen molar-refractivity contribution >= 4 is 16.8 Å². The van der Waals surface area contributed by atoms with Crippen LogP contribution in [0.25, 0.3) is 10.9 Å². The molecular weight excluding hydrogens is 300 g/mol. The molecule has 2 aromatic rings. The highest BCUT2D eigenvalue weighted by Gasteiger charge is 2.30. The van der Waals surface area contributed by atoms with E-state index in [0.29, 0.717) is 5.91 Å². The molecule has 0 radical (unpaired) electrons. The molecule has 130 valence electrons. The van der Waals surface area contributed by atoms with Crippen LogP contribution in [0.5, 0.6) is 5.75 Å². The minimum atomic E-state index is 0.112. The van der Waals surface area contributed by atoms with Gasteiger partial charge in [0.05, 0.1) is 7.11 Å². The van der Waals surface area contributed by atoms with E-state index in [2.05, 4.69) is 35.9 Å². The summed E-state index contributed by atoms with van der Waals surface area (Å²) in [6, 6.07) is 6.15. The van der Waals surface area contributed by atoms with Crippen molar-refractivity contribution in [2.24, 2.45) is 5.92 Å². The Balaban J connectivity index is 1.86. The van der Waals surface area contributed by atoms with E-state index < -0.39 is 0 Å². The maximum Gasteiger partial charge on any atom is 0.226 e. The van der Waals surface area contributed by atoms with E-state index in [9.17, 15) is 4.79 Å². The molecule has 1 aliphatic rings. The second-order valence-electron chi connectivity index (χ2n) is 6.76. The largest absolute Gasteiger partial charge is 0.497 e. The van der Waals surface area contributed by atoms with E-state index in [1.807, 2.05) is 6.07 Å². The summed E-state index contributed by atoms with van der Waals surface area (Å²) < 4.78 is 5.37. The average Bonchev–Trinajstić information content (AvgIpc) is 2.97. The fourth-order valence-corrected chi connectivity index (χ4v) is 3.86. The van der Waals surface area contributed by atoms with Crippen molar-refractivity contribution in [3.63, 3.8) is 0 Å². The third-order valence-electron chi connectivity index (χ3n) is 5.04. The number of carbonyl (C=O) groups is 1. The maximum atomic E-state index is 13.0. The number of aryl methyl sites for hydroxylation is 1. The number of hydrogen-bond donors (Lipinski definition) is 1. The van der Waals surface area contributed by atoms with Gasteiger partial charge in [-0.05, 0) is 55.9 Å². The lowest BCUT2D eigenvalue weighted by atomic mass is 9.85. The van der Waals surface area contributed by atoms with Gasteiger partial charge in [0, 0.05) is 35.6 Å². The molecule has 3 rings (SSSR count). The van der Waals surface area contributed by atoms with E-state index in [-0.39, 0.29) is 5.92 Å². The fraction of sp³-hybridized carbons (Fsp3) is 0.550. The predicted octanol–water partition coefficient (Wildman–Crippen LogP) is 3.93. The van der Waals surface area contributed by atoms with E-state index in [1.165, 1.54) is 16.6 Å². The van der Waals surface area contributed by atoms with Gasteiger partial charge in [-0.25, -0.2) is 0 Å². The summed E-state index contributed by atoms with van der Waals surface area (Å²) in [4.78, 5) is 18.5. The van der Waals surface area contributed by atoms with Gasteiger partial charge in [-0.3, -0.25) is 4.79 Å². The zero-order chi connectivity index (χ0) is 17.1. The molecule has 0 fully saturated rings. The first-order chi connectivity index (χ1) is 11.7. The minimum absolute atomic E-state index is 0.112. The molecule has 1 unspecified atom stereocenters. The summed E-state index contributed by atoms with van der Waals surface area (Å²) in [6.45, 7) is 6.02. The van der Waals surface area contributed by atoms with Crippen LogP contribution < -0.4 is 4.74 Å². The number of ether oxygens (including phenoxy) is 1. The summed E-state index contributed by atoms with van der Waals surface area (Å²) in [5.41, 5.74) is 3.74. The second kappa shape index (κ2) is 7.29. The van der Waals surface area contributed by atoms with Gasteiger partial charge < -0.3 is 14.6 Å². The van der Waals surface area contributed by atoms with Gasteiger partial charge in [0.15, 0.2) is 0 Å². The molecule has 4 heteroatoms. The zero-order valence-corrected chi connectivity index (χ0v) is 15.0. The number of aromatic nitrogens is 1. The third-order valence-corrected chi connectivity index (χ3v) is 5.04. The molecule has 1 heterocycles. The quantitative estimate of drug-likeness (QED) is 0.873. The molecule has 0 saturated carbocycles. The first-order valence-corrected chi connectivity index (χ1v) is 9.14. The summed E-state index contributed by atoms with van der Waals surface area (Å²) in [5.74, 6) is 1.32. The molecule has 1 aromatic carbocycles. The molecule has 1 atom stereocenters. The van der Waals surface area contributed by atoms with Crippen molar-refractivity contribution in [3.8, 4) is 5.75 Å². The van der Waals surface area contributed by atoms with Gasteiger partial charge in [-0.1, -0.05) is 13.8 Å². The van der Waals surface area contributed by atoms with E-state index in [0.717, 1.165) is 56.5 Å². The SMILES string of the molecule is CCCN(CCC)C(=O)C1CCc2[nH]c3ccc(OC)cc3c2C1. The smallest absolute Gasteiger partial charge is 0.226 e. The molecule has 24 heavy (non-hydrogen) atoms. The Morgan fingerprint density at radius 3 is 2.71 bits per heavy atom. The molecule has 4 nitrogen and oxygen atoms in total. The average molecular weight is 328 g/mol. The number of benzene rings is 1. The molecule has 1 aromatic heterocycles. The van der Waals surface area contributed by atoms with Crippen molar-refractivity contribution in [2.75, 3.05) is 20.2 Å². The van der Waals surface area contributed by atoms with Gasteiger partial charge in [0.2, 0.25) is 5.91 Å². The molecule has 1 amide bonds. The van der Waals surface area contributed by atoms with Crippen LogP contribution in [0.4, 0.5) is 0 Å². The molecule has 0 spiro atoms. The fourth-order valence-electron chi connectivity index (χ4n) is 3.86. The first-order valence-electron chi connectivity index (χ1n) is 9.14. The Kier molecular flexibility index (Phi) is 5.12. The lowest BCUT2D eigenvalue weighted by Crippen LogP contribution is -2.39. The number of carbonyl (C=O) groups excluding carboxylic acids is 1. The summed E-state index contributed by atoms with van der Waals surface area (Å²) in [5, 5.41) is 1.21. The molecule has 1 aliphatic carbocycles. The van der Waals surface area contributed by atoms with Crippen molar-refractivity contribution in [1.29, 1.82) is 0 Å². The van der Waals surface area contributed by atoms with Crippen LogP contribution in [0.15, 0.2) is 18.2 Å². The van der Waals surface area contributed by atoms with Gasteiger partial charge in [0.25, 0.3) is 0 Å². The van der Waals surface area contributed by atoms with Gasteiger partial charge in [-0.2, -0.15) is 0 Å². The lowest BCUT2D eigenvalue weighted by molar-refractivity contribution is -0.136. The number of aromatic amines is 1. The standard InChI is InChI=1S/C20H28N2O2/c1-4-10-22(11-5-2)20(23)14-6-8-18-16(12-14)17-13-15(24-3)7-9-19(17)21-18/h7,9,13-14,21H,4-6,8,10-12H2,1-3H3. The van der Waals surface area contributed by atoms with Crippen molar-refractivity contribution in [3.05, 3.63) is 29.5 Å². The van der Waals surface area contributed by atoms with E-state index in [1.54, 1.807) is 7.11 Å². The van der Waals surface area contributed by atoms with Gasteiger partial charge in [-0.15, -0.1) is 0 Å². The molecular formula is C20H28N2O2. The monoisotopic (exact) mass is 328 g/mol. The van der Waals surface area contributed by atoms with Crippen LogP contribution in [0.3, 0.4) is 0 Å². The Morgan fingerprint density at radius 2 is 2.04 bits per heavy atom. The van der Waals surface area contributed by atoms with E-state index in [4.69, 9.17) is 4.74 Å². The number of methoxy groups -OCH3 is 1. The predicted molar refractivity (Wildman–Crippen MR) is 97.5 cm³/mol. The Morgan fingerprint density at radius 1 is 1.29 bits per heavy atom. The van der Waals surface area contributed by atoms with Crippen LogP contribution in [0.1, 0.15) is 44.4 Å². The van der Waals surface area contributed by atoms with Crippen LogP contribution >= 0.6 is 0 Å². The number of nitrogens with one attached hydrogen (secondary N) is 1. The molecule has 0 saturated heterocycles. The highest BCUT2D eigenvalue weighted by molar-refractivity contribution is 5.88. The van der Waals surface area contributed by atoms with Crippen LogP contribution in [0, 0.1) is 5.92 Å². The van der Waals surface area contributed by atoms with E-state index >= 15 is 0 Å². The van der Waals surface area contributed by atoms with Crippen LogP contribution in [-0.2, 0) is 17.6 Å². The number of H-pyrrole nitrogens is 1. The summed E-state index contributed by atoms with van der Waals surface area (Å²) >= 11 is 0. The highest BCUT2D eigenvalue weighted by Crippen LogP contribution is 2.34. The van der Waals surface area contributed by atoms with Crippen molar-refractivity contribution < 1.29 is 9.53 Å².